The van der Waals surface area contributed by atoms with Crippen molar-refractivity contribution in [3.05, 3.63) is 53.2 Å². The second-order valence-corrected chi connectivity index (χ2v) is 8.07. The normalized spacial score (nSPS) is 11.4. The van der Waals surface area contributed by atoms with Gasteiger partial charge >= 0.3 is 5.97 Å². The summed E-state index contributed by atoms with van der Waals surface area (Å²) in [7, 11) is -2.91. The predicted molar refractivity (Wildman–Crippen MR) is 102 cm³/mol. The van der Waals surface area contributed by atoms with Crippen LogP contribution in [0.15, 0.2) is 47.4 Å². The van der Waals surface area contributed by atoms with Crippen LogP contribution < -0.4 is 9.46 Å². The van der Waals surface area contributed by atoms with Crippen LogP contribution in [0.5, 0.6) is 5.75 Å². The van der Waals surface area contributed by atoms with Gasteiger partial charge in [-0.3, -0.25) is 4.72 Å². The van der Waals surface area contributed by atoms with E-state index in [0.29, 0.717) is 10.4 Å². The molecule has 0 bridgehead atoms. The van der Waals surface area contributed by atoms with E-state index < -0.39 is 26.7 Å². The summed E-state index contributed by atoms with van der Waals surface area (Å²) in [6.07, 6.45) is 0. The van der Waals surface area contributed by atoms with E-state index in [4.69, 9.17) is 9.47 Å². The van der Waals surface area contributed by atoms with E-state index in [-0.39, 0.29) is 22.6 Å². The number of ether oxygens (including phenoxy) is 2. The molecule has 0 aliphatic heterocycles. The maximum atomic E-state index is 14.5. The van der Waals surface area contributed by atoms with E-state index in [2.05, 4.69) is 4.72 Å². The number of esters is 1. The number of sulfonamides is 1. The molecule has 0 saturated carbocycles. The van der Waals surface area contributed by atoms with Gasteiger partial charge in [0.2, 0.25) is 0 Å². The van der Waals surface area contributed by atoms with Crippen LogP contribution in [0, 0.1) is 5.82 Å². The first-order valence-corrected chi connectivity index (χ1v) is 10.2. The average Bonchev–Trinajstić information content (AvgIpc) is 3.04. The van der Waals surface area contributed by atoms with Gasteiger partial charge in [-0.05, 0) is 31.2 Å². The first kappa shape index (κ1) is 19.1. The number of rotatable bonds is 6. The lowest BCUT2D eigenvalue weighted by molar-refractivity contribution is 0.0528. The van der Waals surface area contributed by atoms with Crippen molar-refractivity contribution in [1.29, 1.82) is 0 Å². The number of nitrogens with one attached hydrogen (secondary N) is 1. The Morgan fingerprint density at radius 2 is 1.93 bits per heavy atom. The van der Waals surface area contributed by atoms with Crippen molar-refractivity contribution in [3.63, 3.8) is 0 Å². The SMILES string of the molecule is CCOC(=O)c1sc2cccc(F)c2c1S(=O)(=O)Nc1ccccc1OC. The van der Waals surface area contributed by atoms with Gasteiger partial charge < -0.3 is 9.47 Å². The Morgan fingerprint density at radius 1 is 1.19 bits per heavy atom. The van der Waals surface area contributed by atoms with Crippen LogP contribution in [-0.4, -0.2) is 28.1 Å². The molecule has 0 fully saturated rings. The molecule has 0 saturated heterocycles. The summed E-state index contributed by atoms with van der Waals surface area (Å²) in [5.74, 6) is -1.27. The molecule has 9 heteroatoms. The highest BCUT2D eigenvalue weighted by Gasteiger charge is 2.31. The lowest BCUT2D eigenvalue weighted by atomic mass is 10.2. The third kappa shape index (κ3) is 3.60. The van der Waals surface area contributed by atoms with Crippen LogP contribution in [0.3, 0.4) is 0 Å². The van der Waals surface area contributed by atoms with Crippen molar-refractivity contribution < 1.29 is 27.1 Å². The Balaban J connectivity index is 2.21. The van der Waals surface area contributed by atoms with E-state index in [9.17, 15) is 17.6 Å². The number of thiophene rings is 1. The van der Waals surface area contributed by atoms with Gasteiger partial charge in [-0.25, -0.2) is 17.6 Å². The number of carbonyl (C=O) groups excluding carboxylic acids is 1. The topological polar surface area (TPSA) is 81.7 Å². The molecule has 0 aliphatic carbocycles. The quantitative estimate of drug-likeness (QED) is 0.622. The van der Waals surface area contributed by atoms with Gasteiger partial charge in [0.15, 0.2) is 0 Å². The number of fused-ring (bicyclic) bond motifs is 1. The Labute approximate surface area is 159 Å². The van der Waals surface area contributed by atoms with E-state index >= 15 is 0 Å². The van der Waals surface area contributed by atoms with Crippen molar-refractivity contribution >= 4 is 43.1 Å². The number of benzene rings is 2. The molecule has 0 radical (unpaired) electrons. The first-order chi connectivity index (χ1) is 12.9. The molecule has 3 rings (SSSR count). The van der Waals surface area contributed by atoms with Gasteiger partial charge in [0, 0.05) is 10.1 Å². The van der Waals surface area contributed by atoms with Gasteiger partial charge in [0.05, 0.1) is 19.4 Å². The number of para-hydroxylation sites is 2. The van der Waals surface area contributed by atoms with Crippen LogP contribution in [-0.2, 0) is 14.8 Å². The van der Waals surface area contributed by atoms with Gasteiger partial charge in [-0.2, -0.15) is 0 Å². The average molecular weight is 409 g/mol. The van der Waals surface area contributed by atoms with Gasteiger partial charge in [-0.1, -0.05) is 18.2 Å². The van der Waals surface area contributed by atoms with E-state index in [1.54, 1.807) is 31.2 Å². The van der Waals surface area contributed by atoms with Crippen LogP contribution in [0.1, 0.15) is 16.6 Å². The number of carbonyl (C=O) groups is 1. The Hall–Kier alpha value is -2.65. The summed E-state index contributed by atoms with van der Waals surface area (Å²) in [5, 5.41) is -0.145. The highest BCUT2D eigenvalue weighted by Crippen LogP contribution is 2.38. The van der Waals surface area contributed by atoms with Crippen LogP contribution in [0.4, 0.5) is 10.1 Å². The largest absolute Gasteiger partial charge is 0.495 e. The molecule has 0 unspecified atom stereocenters. The summed E-state index contributed by atoms with van der Waals surface area (Å²) < 4.78 is 53.5. The molecule has 0 spiro atoms. The third-order valence-electron chi connectivity index (χ3n) is 3.70. The molecule has 3 aromatic rings. The smallest absolute Gasteiger partial charge is 0.349 e. The lowest BCUT2D eigenvalue weighted by Crippen LogP contribution is -2.17. The molecule has 0 atom stereocenters. The summed E-state index contributed by atoms with van der Waals surface area (Å²) >= 11 is 0.869. The number of halogens is 1. The minimum Gasteiger partial charge on any atom is -0.495 e. The summed E-state index contributed by atoms with van der Waals surface area (Å²) in [5.41, 5.74) is 0.172. The van der Waals surface area contributed by atoms with E-state index in [1.807, 2.05) is 0 Å². The summed E-state index contributed by atoms with van der Waals surface area (Å²) in [6, 6.07) is 10.5. The number of hydrogen-bond acceptors (Lipinski definition) is 6. The third-order valence-corrected chi connectivity index (χ3v) is 6.40. The molecule has 27 heavy (non-hydrogen) atoms. The zero-order chi connectivity index (χ0) is 19.6. The molecule has 142 valence electrons. The Kier molecular flexibility index (Phi) is 5.33. The molecular weight excluding hydrogens is 393 g/mol. The van der Waals surface area contributed by atoms with Crippen LogP contribution in [0.2, 0.25) is 0 Å². The van der Waals surface area contributed by atoms with Crippen molar-refractivity contribution in [2.45, 2.75) is 11.8 Å². The van der Waals surface area contributed by atoms with Crippen LogP contribution in [0.25, 0.3) is 10.1 Å². The van der Waals surface area contributed by atoms with Gasteiger partial charge in [-0.15, -0.1) is 11.3 Å². The minimum atomic E-state index is -4.31. The second kappa shape index (κ2) is 7.53. The minimum absolute atomic E-state index is 0.0645. The van der Waals surface area contributed by atoms with Crippen molar-refractivity contribution in [2.24, 2.45) is 0 Å². The summed E-state index contributed by atoms with van der Waals surface area (Å²) in [4.78, 5) is 11.7. The maximum Gasteiger partial charge on any atom is 0.349 e. The van der Waals surface area contributed by atoms with Crippen molar-refractivity contribution in [2.75, 3.05) is 18.4 Å². The highest BCUT2D eigenvalue weighted by molar-refractivity contribution is 7.93. The van der Waals surface area contributed by atoms with Crippen LogP contribution >= 0.6 is 11.3 Å². The summed E-state index contributed by atoms with van der Waals surface area (Å²) in [6.45, 7) is 1.67. The van der Waals surface area contributed by atoms with E-state index in [0.717, 1.165) is 17.4 Å². The standard InChI is InChI=1S/C18H16FNO5S2/c1-3-25-18(21)16-17(15-11(19)7-6-10-14(15)26-16)27(22,23)20-12-8-4-5-9-13(12)24-2/h4-10,20H,3H2,1-2H3. The van der Waals surface area contributed by atoms with Gasteiger partial charge in [0.25, 0.3) is 10.0 Å². The first-order valence-electron chi connectivity index (χ1n) is 7.93. The molecule has 0 amide bonds. The second-order valence-electron chi connectivity index (χ2n) is 5.40. The van der Waals surface area contributed by atoms with E-state index in [1.165, 1.54) is 19.2 Å². The molecule has 1 N–H and O–H groups in total. The maximum absolute atomic E-state index is 14.5. The fourth-order valence-electron chi connectivity index (χ4n) is 2.59. The van der Waals surface area contributed by atoms with Gasteiger partial charge in [0.1, 0.15) is 21.3 Å². The molecule has 0 aliphatic rings. The Bertz CT molecular complexity index is 1110. The fraction of sp³-hybridized carbons (Fsp3) is 0.167. The highest BCUT2D eigenvalue weighted by atomic mass is 32.2. The predicted octanol–water partition coefficient (Wildman–Crippen LogP) is 4.03. The molecule has 6 nitrogen and oxygen atoms in total. The molecule has 1 aromatic heterocycles. The molecular formula is C18H16FNO5S2. The fourth-order valence-corrected chi connectivity index (χ4v) is 5.48. The number of methoxy groups -OCH3 is 1. The zero-order valence-corrected chi connectivity index (χ0v) is 16.1. The Morgan fingerprint density at radius 3 is 2.63 bits per heavy atom. The number of anilines is 1. The molecule has 1 heterocycles. The van der Waals surface area contributed by atoms with Crippen molar-refractivity contribution in [1.82, 2.24) is 0 Å². The number of hydrogen-bond donors (Lipinski definition) is 1. The molecule has 2 aromatic carbocycles. The monoisotopic (exact) mass is 409 g/mol. The zero-order valence-electron chi connectivity index (χ0n) is 14.5. The van der Waals surface area contributed by atoms with Crippen molar-refractivity contribution in [3.8, 4) is 5.75 Å². The lowest BCUT2D eigenvalue weighted by Gasteiger charge is -2.12.